The van der Waals surface area contributed by atoms with E-state index >= 15 is 0 Å². The number of rotatable bonds is 5. The number of allylic oxidation sites excluding steroid dienone is 1. The highest BCUT2D eigenvalue weighted by atomic mass is 19.1. The molecule has 142 valence electrons. The smallest absolute Gasteiger partial charge is 0.248 e. The van der Waals surface area contributed by atoms with E-state index in [1.165, 1.54) is 10.7 Å². The molecule has 1 aliphatic heterocycles. The Bertz CT molecular complexity index is 1060. The summed E-state index contributed by atoms with van der Waals surface area (Å²) in [7, 11) is 0. The highest BCUT2D eigenvalue weighted by Gasteiger charge is 2.32. The van der Waals surface area contributed by atoms with Crippen molar-refractivity contribution in [3.63, 3.8) is 0 Å². The van der Waals surface area contributed by atoms with Crippen LogP contribution in [0.5, 0.6) is 5.75 Å². The summed E-state index contributed by atoms with van der Waals surface area (Å²) in [5.74, 6) is 0.120. The Labute approximate surface area is 159 Å². The molecular weight excluding hydrogens is 363 g/mol. The van der Waals surface area contributed by atoms with Crippen molar-refractivity contribution in [3.05, 3.63) is 76.7 Å². The number of tetrazole rings is 1. The third-order valence-corrected chi connectivity index (χ3v) is 4.53. The number of hydrogen-bond acceptors (Lipinski definition) is 6. The molecule has 0 radical (unpaired) electrons. The molecule has 3 aromatic rings. The molecular formula is C19H17FN6O2. The lowest BCUT2D eigenvalue weighted by Crippen LogP contribution is -2.31. The lowest BCUT2D eigenvalue weighted by atomic mass is 9.95. The second kappa shape index (κ2) is 7.10. The number of fused-ring (bicyclic) bond motifs is 1. The van der Waals surface area contributed by atoms with Crippen molar-refractivity contribution in [2.24, 2.45) is 5.73 Å². The van der Waals surface area contributed by atoms with E-state index in [2.05, 4.69) is 20.8 Å². The highest BCUT2D eigenvalue weighted by molar-refractivity contribution is 5.95. The van der Waals surface area contributed by atoms with Crippen LogP contribution in [0.4, 0.5) is 10.3 Å². The first kappa shape index (κ1) is 17.7. The second-order valence-electron chi connectivity index (χ2n) is 6.33. The molecule has 0 saturated heterocycles. The number of nitrogens with zero attached hydrogens (tertiary/aromatic N) is 4. The minimum absolute atomic E-state index is 0.113. The number of ether oxygens (including phenoxy) is 1. The standard InChI is InChI=1S/C19H17FN6O2/c1-11-16(18(21)27)17(26-19(22-11)23-24-25-26)12-6-8-14(9-7-12)28-10-13-4-2-3-5-15(13)20/h2-9,17H,10H2,1H3,(H2,21,27)(H,22,23,25). The Kier molecular flexibility index (Phi) is 4.48. The van der Waals surface area contributed by atoms with Crippen LogP contribution in [0.1, 0.15) is 24.1 Å². The number of halogens is 1. The van der Waals surface area contributed by atoms with Gasteiger partial charge in [0.25, 0.3) is 0 Å². The van der Waals surface area contributed by atoms with Crippen molar-refractivity contribution in [3.8, 4) is 5.75 Å². The molecule has 0 bridgehead atoms. The van der Waals surface area contributed by atoms with E-state index in [1.54, 1.807) is 49.4 Å². The van der Waals surface area contributed by atoms with Crippen LogP contribution in [0, 0.1) is 5.82 Å². The number of anilines is 1. The number of hydrogen-bond donors (Lipinski definition) is 2. The van der Waals surface area contributed by atoms with Crippen molar-refractivity contribution in [2.75, 3.05) is 5.32 Å². The summed E-state index contributed by atoms with van der Waals surface area (Å²) in [5, 5.41) is 14.5. The van der Waals surface area contributed by atoms with Gasteiger partial charge in [-0.1, -0.05) is 35.4 Å². The summed E-state index contributed by atoms with van der Waals surface area (Å²) in [6.45, 7) is 1.86. The number of amides is 1. The minimum atomic E-state index is -0.559. The predicted octanol–water partition coefficient (Wildman–Crippen LogP) is 2.17. The first-order chi connectivity index (χ1) is 13.5. The van der Waals surface area contributed by atoms with E-state index in [0.717, 1.165) is 5.56 Å². The molecule has 8 nitrogen and oxygen atoms in total. The quantitative estimate of drug-likeness (QED) is 0.702. The molecule has 4 rings (SSSR count). The molecule has 3 N–H and O–H groups in total. The summed E-state index contributed by atoms with van der Waals surface area (Å²) in [4.78, 5) is 12.0. The van der Waals surface area contributed by atoms with Crippen LogP contribution in [0.15, 0.2) is 59.8 Å². The number of carbonyl (C=O) groups excluding carboxylic acids is 1. The van der Waals surface area contributed by atoms with Gasteiger partial charge in [0.1, 0.15) is 24.2 Å². The molecule has 1 unspecified atom stereocenters. The largest absolute Gasteiger partial charge is 0.489 e. The van der Waals surface area contributed by atoms with Gasteiger partial charge in [0.2, 0.25) is 11.9 Å². The fraction of sp³-hybridized carbons (Fsp3) is 0.158. The van der Waals surface area contributed by atoms with Gasteiger partial charge >= 0.3 is 0 Å². The van der Waals surface area contributed by atoms with Crippen LogP contribution in [-0.4, -0.2) is 26.1 Å². The number of aromatic nitrogens is 4. The summed E-state index contributed by atoms with van der Waals surface area (Å²) in [6, 6.07) is 13.0. The van der Waals surface area contributed by atoms with E-state index in [0.29, 0.717) is 28.5 Å². The first-order valence-corrected chi connectivity index (χ1v) is 8.56. The van der Waals surface area contributed by atoms with Crippen molar-refractivity contribution in [2.45, 2.75) is 19.6 Å². The molecule has 9 heteroatoms. The van der Waals surface area contributed by atoms with E-state index < -0.39 is 11.9 Å². The van der Waals surface area contributed by atoms with E-state index in [9.17, 15) is 9.18 Å². The average Bonchev–Trinajstić information content (AvgIpc) is 3.14. The number of carbonyl (C=O) groups is 1. The Morgan fingerprint density at radius 2 is 2.00 bits per heavy atom. The highest BCUT2D eigenvalue weighted by Crippen LogP contribution is 2.34. The third kappa shape index (κ3) is 3.18. The van der Waals surface area contributed by atoms with Gasteiger partial charge in [-0.2, -0.15) is 4.68 Å². The van der Waals surface area contributed by atoms with E-state index in [4.69, 9.17) is 10.5 Å². The van der Waals surface area contributed by atoms with Gasteiger partial charge in [-0.3, -0.25) is 4.79 Å². The number of benzene rings is 2. The molecule has 2 heterocycles. The van der Waals surface area contributed by atoms with Crippen LogP contribution in [-0.2, 0) is 11.4 Å². The Morgan fingerprint density at radius 3 is 2.71 bits per heavy atom. The lowest BCUT2D eigenvalue weighted by molar-refractivity contribution is -0.115. The van der Waals surface area contributed by atoms with Gasteiger partial charge in [0, 0.05) is 11.3 Å². The van der Waals surface area contributed by atoms with Crippen molar-refractivity contribution in [1.82, 2.24) is 20.2 Å². The SMILES string of the molecule is CC1=C(C(N)=O)C(c2ccc(OCc3ccccc3F)cc2)n2nnnc2N1. The van der Waals surface area contributed by atoms with Gasteiger partial charge in [-0.25, -0.2) is 4.39 Å². The van der Waals surface area contributed by atoms with Crippen LogP contribution < -0.4 is 15.8 Å². The predicted molar refractivity (Wildman–Crippen MR) is 98.6 cm³/mol. The van der Waals surface area contributed by atoms with Crippen LogP contribution in [0.25, 0.3) is 0 Å². The Hall–Kier alpha value is -3.75. The summed E-state index contributed by atoms with van der Waals surface area (Å²) in [6.07, 6.45) is 0. The van der Waals surface area contributed by atoms with Gasteiger partial charge in [0.15, 0.2) is 0 Å². The minimum Gasteiger partial charge on any atom is -0.489 e. The number of primary amides is 1. The molecule has 1 atom stereocenters. The van der Waals surface area contributed by atoms with Gasteiger partial charge in [-0.05, 0) is 41.1 Å². The molecule has 0 aliphatic carbocycles. The molecule has 2 aromatic carbocycles. The summed E-state index contributed by atoms with van der Waals surface area (Å²) >= 11 is 0. The van der Waals surface area contributed by atoms with Gasteiger partial charge in [-0.15, -0.1) is 0 Å². The molecule has 28 heavy (non-hydrogen) atoms. The molecule has 0 fully saturated rings. The molecule has 1 amide bonds. The maximum atomic E-state index is 13.7. The fourth-order valence-electron chi connectivity index (χ4n) is 3.16. The van der Waals surface area contributed by atoms with Gasteiger partial charge < -0.3 is 15.8 Å². The van der Waals surface area contributed by atoms with Crippen molar-refractivity contribution >= 4 is 11.9 Å². The number of nitrogens with one attached hydrogen (secondary N) is 1. The summed E-state index contributed by atoms with van der Waals surface area (Å²) in [5.41, 5.74) is 7.80. The Morgan fingerprint density at radius 1 is 1.25 bits per heavy atom. The zero-order valence-electron chi connectivity index (χ0n) is 15.0. The van der Waals surface area contributed by atoms with Crippen LogP contribution in [0.2, 0.25) is 0 Å². The summed E-state index contributed by atoms with van der Waals surface area (Å²) < 4.78 is 20.9. The zero-order chi connectivity index (χ0) is 19.7. The zero-order valence-corrected chi connectivity index (χ0v) is 15.0. The topological polar surface area (TPSA) is 108 Å². The number of nitrogens with two attached hydrogens (primary N) is 1. The third-order valence-electron chi connectivity index (χ3n) is 4.53. The fourth-order valence-corrected chi connectivity index (χ4v) is 3.16. The first-order valence-electron chi connectivity index (χ1n) is 8.56. The van der Waals surface area contributed by atoms with E-state index in [-0.39, 0.29) is 12.4 Å². The van der Waals surface area contributed by atoms with Gasteiger partial charge in [0.05, 0.1) is 5.57 Å². The average molecular weight is 380 g/mol. The monoisotopic (exact) mass is 380 g/mol. The van der Waals surface area contributed by atoms with Crippen molar-refractivity contribution < 1.29 is 13.9 Å². The maximum absolute atomic E-state index is 13.7. The molecule has 0 saturated carbocycles. The van der Waals surface area contributed by atoms with E-state index in [1.807, 2.05) is 0 Å². The molecule has 1 aromatic heterocycles. The molecule has 1 aliphatic rings. The second-order valence-corrected chi connectivity index (χ2v) is 6.33. The Balaban J connectivity index is 1.60. The van der Waals surface area contributed by atoms with Crippen LogP contribution in [0.3, 0.4) is 0 Å². The maximum Gasteiger partial charge on any atom is 0.248 e. The van der Waals surface area contributed by atoms with Crippen LogP contribution >= 0.6 is 0 Å². The molecule has 0 spiro atoms. The normalized spacial score (nSPS) is 15.7. The van der Waals surface area contributed by atoms with Crippen molar-refractivity contribution in [1.29, 1.82) is 0 Å². The lowest BCUT2D eigenvalue weighted by Gasteiger charge is -2.26.